The Hall–Kier alpha value is -2.77. The predicted octanol–water partition coefficient (Wildman–Crippen LogP) is 2.03. The number of imide groups is 1. The van der Waals surface area contributed by atoms with Gasteiger partial charge in [0.25, 0.3) is 0 Å². The van der Waals surface area contributed by atoms with Crippen molar-refractivity contribution in [2.24, 2.45) is 23.7 Å². The number of amides is 3. The number of likely N-dealkylation sites (tertiary alicyclic amines) is 1. The van der Waals surface area contributed by atoms with Crippen LogP contribution in [0.2, 0.25) is 0 Å². The highest BCUT2D eigenvalue weighted by Crippen LogP contribution is 2.52. The molecule has 8 heteroatoms. The summed E-state index contributed by atoms with van der Waals surface area (Å²) in [6.45, 7) is -3.27. The van der Waals surface area contributed by atoms with Crippen LogP contribution in [0.5, 0.6) is 5.75 Å². The van der Waals surface area contributed by atoms with Crippen molar-refractivity contribution in [2.75, 3.05) is 11.9 Å². The highest BCUT2D eigenvalue weighted by molar-refractivity contribution is 6.09. The molecule has 1 N–H and O–H groups in total. The van der Waals surface area contributed by atoms with Crippen LogP contribution in [0.1, 0.15) is 6.42 Å². The average molecular weight is 362 g/mol. The molecule has 1 aromatic rings. The summed E-state index contributed by atoms with van der Waals surface area (Å²) in [4.78, 5) is 38.3. The Bertz CT molecular complexity index is 763. The third-order valence-electron chi connectivity index (χ3n) is 5.23. The molecular formula is C18H16F2N2O4. The highest BCUT2D eigenvalue weighted by Gasteiger charge is 2.59. The van der Waals surface area contributed by atoms with Crippen LogP contribution in [0.25, 0.3) is 0 Å². The van der Waals surface area contributed by atoms with Gasteiger partial charge < -0.3 is 10.1 Å². The number of benzene rings is 1. The molecule has 0 aromatic heterocycles. The number of nitrogens with one attached hydrogen (secondary N) is 1. The molecule has 3 amide bonds. The first-order valence-electron chi connectivity index (χ1n) is 8.32. The molecule has 1 saturated carbocycles. The van der Waals surface area contributed by atoms with E-state index in [0.29, 0.717) is 5.69 Å². The van der Waals surface area contributed by atoms with Crippen molar-refractivity contribution in [2.45, 2.75) is 13.0 Å². The Morgan fingerprint density at radius 3 is 2.23 bits per heavy atom. The lowest BCUT2D eigenvalue weighted by molar-refractivity contribution is -0.143. The minimum atomic E-state index is -2.92. The molecule has 26 heavy (non-hydrogen) atoms. The molecule has 4 unspecified atom stereocenters. The molecule has 1 aliphatic heterocycles. The number of carbonyl (C=O) groups excluding carboxylic acids is 3. The van der Waals surface area contributed by atoms with Crippen molar-refractivity contribution in [3.05, 3.63) is 36.4 Å². The van der Waals surface area contributed by atoms with Crippen LogP contribution in [0.15, 0.2) is 36.4 Å². The standard InChI is InChI=1S/C18H16F2N2O4/c19-18(20)26-12-5-3-11(4-6-12)21-13(23)8-22-16(24)14-9-1-2-10(7-9)15(14)17(22)25/h1-6,9-10,14-15,18H,7-8H2,(H,21,23). The lowest BCUT2D eigenvalue weighted by atomic mass is 9.85. The molecule has 3 aliphatic rings. The van der Waals surface area contributed by atoms with Gasteiger partial charge in [-0.3, -0.25) is 19.3 Å². The van der Waals surface area contributed by atoms with Gasteiger partial charge in [0.1, 0.15) is 12.3 Å². The number of anilines is 1. The van der Waals surface area contributed by atoms with Crippen molar-refractivity contribution >= 4 is 23.4 Å². The van der Waals surface area contributed by atoms with E-state index in [1.54, 1.807) is 0 Å². The molecule has 1 aromatic carbocycles. The largest absolute Gasteiger partial charge is 0.435 e. The fourth-order valence-corrected chi connectivity index (χ4v) is 4.18. The summed E-state index contributed by atoms with van der Waals surface area (Å²) in [5.41, 5.74) is 0.359. The summed E-state index contributed by atoms with van der Waals surface area (Å²) in [5.74, 6) is -1.60. The quantitative estimate of drug-likeness (QED) is 0.642. The zero-order valence-corrected chi connectivity index (χ0v) is 13.6. The predicted molar refractivity (Wildman–Crippen MR) is 86.1 cm³/mol. The number of halogens is 2. The Balaban J connectivity index is 1.38. The first kappa shape index (κ1) is 16.7. The van der Waals surface area contributed by atoms with E-state index >= 15 is 0 Å². The smallest absolute Gasteiger partial charge is 0.387 e. The van der Waals surface area contributed by atoms with Crippen LogP contribution in [0.4, 0.5) is 14.5 Å². The van der Waals surface area contributed by atoms with Gasteiger partial charge in [-0.15, -0.1) is 0 Å². The summed E-state index contributed by atoms with van der Waals surface area (Å²) in [7, 11) is 0. The number of fused-ring (bicyclic) bond motifs is 5. The fourth-order valence-electron chi connectivity index (χ4n) is 4.18. The second kappa shape index (κ2) is 6.19. The van der Waals surface area contributed by atoms with Gasteiger partial charge in [0.2, 0.25) is 17.7 Å². The van der Waals surface area contributed by atoms with E-state index in [2.05, 4.69) is 10.1 Å². The SMILES string of the molecule is O=C(CN1C(=O)C2C3C=CC(C3)C2C1=O)Nc1ccc(OC(F)F)cc1. The maximum atomic E-state index is 12.5. The molecule has 136 valence electrons. The van der Waals surface area contributed by atoms with E-state index in [9.17, 15) is 23.2 Å². The molecule has 1 heterocycles. The number of alkyl halides is 2. The number of hydrogen-bond acceptors (Lipinski definition) is 4. The van der Waals surface area contributed by atoms with Gasteiger partial charge in [0.15, 0.2) is 0 Å². The second-order valence-electron chi connectivity index (χ2n) is 6.71. The van der Waals surface area contributed by atoms with E-state index < -0.39 is 12.5 Å². The Morgan fingerprint density at radius 2 is 1.69 bits per heavy atom. The van der Waals surface area contributed by atoms with Gasteiger partial charge in [-0.25, -0.2) is 0 Å². The molecule has 4 atom stereocenters. The van der Waals surface area contributed by atoms with E-state index in [1.807, 2.05) is 12.2 Å². The van der Waals surface area contributed by atoms with Crippen molar-refractivity contribution in [3.63, 3.8) is 0 Å². The van der Waals surface area contributed by atoms with Crippen LogP contribution in [0, 0.1) is 23.7 Å². The van der Waals surface area contributed by atoms with Gasteiger partial charge >= 0.3 is 6.61 Å². The minimum absolute atomic E-state index is 0.0290. The number of rotatable bonds is 5. The number of hydrogen-bond donors (Lipinski definition) is 1. The monoisotopic (exact) mass is 362 g/mol. The van der Waals surface area contributed by atoms with E-state index in [-0.39, 0.29) is 47.8 Å². The summed E-state index contributed by atoms with van der Waals surface area (Å²) in [5, 5.41) is 2.55. The van der Waals surface area contributed by atoms with Crippen molar-refractivity contribution in [1.82, 2.24) is 4.90 Å². The molecule has 2 bridgehead atoms. The van der Waals surface area contributed by atoms with E-state index in [0.717, 1.165) is 11.3 Å². The van der Waals surface area contributed by atoms with Crippen LogP contribution in [-0.2, 0) is 14.4 Å². The van der Waals surface area contributed by atoms with Crippen molar-refractivity contribution < 1.29 is 27.9 Å². The first-order valence-corrected chi connectivity index (χ1v) is 8.32. The topological polar surface area (TPSA) is 75.7 Å². The normalized spacial score (nSPS) is 28.8. The van der Waals surface area contributed by atoms with E-state index in [1.165, 1.54) is 24.3 Å². The van der Waals surface area contributed by atoms with E-state index in [4.69, 9.17) is 0 Å². The average Bonchev–Trinajstić information content (AvgIpc) is 3.26. The summed E-state index contributed by atoms with van der Waals surface area (Å²) >= 11 is 0. The minimum Gasteiger partial charge on any atom is -0.435 e. The molecule has 2 aliphatic carbocycles. The van der Waals surface area contributed by atoms with Crippen LogP contribution in [-0.4, -0.2) is 35.8 Å². The lowest BCUT2D eigenvalue weighted by Crippen LogP contribution is -2.39. The highest BCUT2D eigenvalue weighted by atomic mass is 19.3. The second-order valence-corrected chi connectivity index (χ2v) is 6.71. The van der Waals surface area contributed by atoms with Gasteiger partial charge in [0.05, 0.1) is 11.8 Å². The van der Waals surface area contributed by atoms with Crippen LogP contribution >= 0.6 is 0 Å². The van der Waals surface area contributed by atoms with Crippen molar-refractivity contribution in [1.29, 1.82) is 0 Å². The molecule has 2 fully saturated rings. The maximum Gasteiger partial charge on any atom is 0.387 e. The fraction of sp³-hybridized carbons (Fsp3) is 0.389. The number of allylic oxidation sites excluding steroid dienone is 2. The molecule has 6 nitrogen and oxygen atoms in total. The maximum absolute atomic E-state index is 12.5. The molecule has 1 saturated heterocycles. The summed E-state index contributed by atoms with van der Waals surface area (Å²) in [6.07, 6.45) is 4.81. The zero-order valence-electron chi connectivity index (χ0n) is 13.6. The molecular weight excluding hydrogens is 346 g/mol. The van der Waals surface area contributed by atoms with Crippen LogP contribution < -0.4 is 10.1 Å². The lowest BCUT2D eigenvalue weighted by Gasteiger charge is -2.17. The third-order valence-corrected chi connectivity index (χ3v) is 5.23. The molecule has 4 rings (SSSR count). The van der Waals surface area contributed by atoms with Gasteiger partial charge in [-0.2, -0.15) is 8.78 Å². The van der Waals surface area contributed by atoms with Gasteiger partial charge in [0, 0.05) is 5.69 Å². The number of ether oxygens (including phenoxy) is 1. The van der Waals surface area contributed by atoms with Gasteiger partial charge in [-0.1, -0.05) is 12.2 Å². The Kier molecular flexibility index (Phi) is 3.97. The van der Waals surface area contributed by atoms with Crippen LogP contribution in [0.3, 0.4) is 0 Å². The third kappa shape index (κ3) is 2.75. The molecule has 0 radical (unpaired) electrons. The number of nitrogens with zero attached hydrogens (tertiary/aromatic N) is 1. The summed E-state index contributed by atoms with van der Waals surface area (Å²) in [6, 6.07) is 5.40. The Morgan fingerprint density at radius 1 is 1.12 bits per heavy atom. The van der Waals surface area contributed by atoms with Crippen molar-refractivity contribution in [3.8, 4) is 5.75 Å². The Labute approximate surface area is 147 Å². The first-order chi connectivity index (χ1) is 12.4. The zero-order chi connectivity index (χ0) is 18.4. The molecule has 0 spiro atoms. The number of carbonyl (C=O) groups is 3. The summed E-state index contributed by atoms with van der Waals surface area (Å²) < 4.78 is 28.5. The van der Waals surface area contributed by atoms with Gasteiger partial charge in [-0.05, 0) is 42.5 Å².